The van der Waals surface area contributed by atoms with Crippen molar-refractivity contribution < 1.29 is 4.79 Å². The second-order valence-electron chi connectivity index (χ2n) is 3.81. The van der Waals surface area contributed by atoms with E-state index in [1.165, 1.54) is 0 Å². The maximum Gasteiger partial charge on any atom is 0.251 e. The Bertz CT molecular complexity index is 379. The van der Waals surface area contributed by atoms with Gasteiger partial charge in [-0.25, -0.2) is 4.98 Å². The van der Waals surface area contributed by atoms with Crippen LogP contribution in [0.4, 0.5) is 0 Å². The van der Waals surface area contributed by atoms with Gasteiger partial charge in [-0.2, -0.15) is 0 Å². The van der Waals surface area contributed by atoms with Crippen LogP contribution in [0.3, 0.4) is 0 Å². The summed E-state index contributed by atoms with van der Waals surface area (Å²) < 4.78 is 0. The summed E-state index contributed by atoms with van der Waals surface area (Å²) >= 11 is 5.85. The Balaban J connectivity index is 2.86. The van der Waals surface area contributed by atoms with Crippen molar-refractivity contribution in [2.45, 2.75) is 39.7 Å². The molecule has 1 heterocycles. The first-order chi connectivity index (χ1) is 7.56. The van der Waals surface area contributed by atoms with Gasteiger partial charge in [-0.1, -0.05) is 25.4 Å². The summed E-state index contributed by atoms with van der Waals surface area (Å²) in [5, 5.41) is 3.27. The van der Waals surface area contributed by atoms with Crippen LogP contribution < -0.4 is 5.32 Å². The Kier molecular flexibility index (Phi) is 4.74. The van der Waals surface area contributed by atoms with Crippen molar-refractivity contribution in [3.63, 3.8) is 0 Å². The normalized spacial score (nSPS) is 12.2. The molecule has 0 radical (unpaired) electrons. The summed E-state index contributed by atoms with van der Waals surface area (Å²) in [6, 6.07) is 3.55. The number of halogens is 1. The highest BCUT2D eigenvalue weighted by atomic mass is 35.5. The monoisotopic (exact) mass is 240 g/mol. The van der Waals surface area contributed by atoms with E-state index in [0.29, 0.717) is 10.7 Å². The van der Waals surface area contributed by atoms with Crippen molar-refractivity contribution in [3.05, 3.63) is 28.5 Å². The minimum absolute atomic E-state index is 0.0895. The van der Waals surface area contributed by atoms with Crippen molar-refractivity contribution in [2.75, 3.05) is 0 Å². The lowest BCUT2D eigenvalue weighted by Crippen LogP contribution is -2.32. The van der Waals surface area contributed by atoms with Crippen molar-refractivity contribution in [2.24, 2.45) is 0 Å². The minimum Gasteiger partial charge on any atom is -0.350 e. The molecule has 1 atom stereocenters. The van der Waals surface area contributed by atoms with E-state index in [0.717, 1.165) is 18.5 Å². The molecule has 0 bridgehead atoms. The summed E-state index contributed by atoms with van der Waals surface area (Å²) in [5.41, 5.74) is 1.42. The third-order valence-electron chi connectivity index (χ3n) is 2.46. The number of nitrogens with one attached hydrogen (secondary N) is 1. The zero-order chi connectivity index (χ0) is 12.1. The first kappa shape index (κ1) is 13.0. The molecule has 3 nitrogen and oxygen atoms in total. The topological polar surface area (TPSA) is 42.0 Å². The van der Waals surface area contributed by atoms with Crippen molar-refractivity contribution in [1.82, 2.24) is 10.3 Å². The Hall–Kier alpha value is -1.09. The highest BCUT2D eigenvalue weighted by Crippen LogP contribution is 2.11. The third kappa shape index (κ3) is 3.49. The average molecular weight is 241 g/mol. The number of hydrogen-bond donors (Lipinski definition) is 1. The fourth-order valence-corrected chi connectivity index (χ4v) is 1.50. The molecule has 1 aromatic heterocycles. The summed E-state index contributed by atoms with van der Waals surface area (Å²) in [7, 11) is 0. The molecule has 1 N–H and O–H groups in total. The largest absolute Gasteiger partial charge is 0.350 e. The predicted molar refractivity (Wildman–Crippen MR) is 65.8 cm³/mol. The standard InChI is InChI=1S/C12H17ClN2O/c1-4-8(3)14-12(16)9-6-10(5-2)15-11(13)7-9/h6-8H,4-5H2,1-3H3,(H,14,16). The van der Waals surface area contributed by atoms with Crippen LogP contribution >= 0.6 is 11.6 Å². The van der Waals surface area contributed by atoms with Gasteiger partial charge in [-0.05, 0) is 31.9 Å². The molecule has 1 rings (SSSR count). The van der Waals surface area contributed by atoms with Crippen LogP contribution in [-0.2, 0) is 6.42 Å². The summed E-state index contributed by atoms with van der Waals surface area (Å²) in [6.45, 7) is 5.98. The first-order valence-corrected chi connectivity index (χ1v) is 5.92. The van der Waals surface area contributed by atoms with E-state index in [1.807, 2.05) is 20.8 Å². The number of carbonyl (C=O) groups excluding carboxylic acids is 1. The maximum atomic E-state index is 11.8. The fraction of sp³-hybridized carbons (Fsp3) is 0.500. The smallest absolute Gasteiger partial charge is 0.251 e. The van der Waals surface area contributed by atoms with Crippen LogP contribution in [-0.4, -0.2) is 16.9 Å². The lowest BCUT2D eigenvalue weighted by molar-refractivity contribution is 0.0939. The second-order valence-corrected chi connectivity index (χ2v) is 4.19. The molecule has 16 heavy (non-hydrogen) atoms. The second kappa shape index (κ2) is 5.85. The van der Waals surface area contributed by atoms with Gasteiger partial charge in [0.2, 0.25) is 0 Å². The Morgan fingerprint density at radius 2 is 2.19 bits per heavy atom. The van der Waals surface area contributed by atoms with Crippen LogP contribution in [0, 0.1) is 0 Å². The Morgan fingerprint density at radius 3 is 2.75 bits per heavy atom. The van der Waals surface area contributed by atoms with Crippen LogP contribution in [0.15, 0.2) is 12.1 Å². The number of nitrogens with zero attached hydrogens (tertiary/aromatic N) is 1. The van der Waals surface area contributed by atoms with Gasteiger partial charge in [0.25, 0.3) is 5.91 Å². The quantitative estimate of drug-likeness (QED) is 0.823. The Labute approximate surface area is 101 Å². The maximum absolute atomic E-state index is 11.8. The van der Waals surface area contributed by atoms with Crippen molar-refractivity contribution >= 4 is 17.5 Å². The molecule has 0 fully saturated rings. The number of amides is 1. The molecule has 0 aliphatic carbocycles. The van der Waals surface area contributed by atoms with Gasteiger partial charge in [0.15, 0.2) is 0 Å². The number of aromatic nitrogens is 1. The van der Waals surface area contributed by atoms with E-state index in [4.69, 9.17) is 11.6 Å². The SMILES string of the molecule is CCc1cc(C(=O)NC(C)CC)cc(Cl)n1. The zero-order valence-electron chi connectivity index (χ0n) is 9.88. The van der Waals surface area contributed by atoms with E-state index < -0.39 is 0 Å². The van der Waals surface area contributed by atoms with Gasteiger partial charge >= 0.3 is 0 Å². The summed E-state index contributed by atoms with van der Waals surface area (Å²) in [4.78, 5) is 16.0. The molecule has 1 aromatic rings. The van der Waals surface area contributed by atoms with Crippen LogP contribution in [0.25, 0.3) is 0 Å². The van der Waals surface area contributed by atoms with Gasteiger partial charge in [-0.15, -0.1) is 0 Å². The third-order valence-corrected chi connectivity index (χ3v) is 2.66. The lowest BCUT2D eigenvalue weighted by Gasteiger charge is -2.11. The highest BCUT2D eigenvalue weighted by molar-refractivity contribution is 6.29. The highest BCUT2D eigenvalue weighted by Gasteiger charge is 2.10. The molecule has 1 unspecified atom stereocenters. The number of rotatable bonds is 4. The number of hydrogen-bond acceptors (Lipinski definition) is 2. The number of carbonyl (C=O) groups is 1. The number of pyridine rings is 1. The fourth-order valence-electron chi connectivity index (χ4n) is 1.27. The molecular weight excluding hydrogens is 224 g/mol. The minimum atomic E-state index is -0.0895. The van der Waals surface area contributed by atoms with Crippen LogP contribution in [0.5, 0.6) is 0 Å². The number of aryl methyl sites for hydroxylation is 1. The van der Waals surface area contributed by atoms with Crippen LogP contribution in [0.2, 0.25) is 5.15 Å². The summed E-state index contributed by atoms with van der Waals surface area (Å²) in [5.74, 6) is -0.0895. The molecule has 0 saturated heterocycles. The molecule has 1 amide bonds. The molecule has 0 aromatic carbocycles. The van der Waals surface area contributed by atoms with E-state index in [1.54, 1.807) is 12.1 Å². The summed E-state index contributed by atoms with van der Waals surface area (Å²) in [6.07, 6.45) is 1.68. The van der Waals surface area contributed by atoms with Gasteiger partial charge in [-0.3, -0.25) is 4.79 Å². The molecular formula is C12H17ClN2O. The zero-order valence-corrected chi connectivity index (χ0v) is 10.6. The molecule has 0 aliphatic rings. The molecule has 4 heteroatoms. The van der Waals surface area contributed by atoms with E-state index >= 15 is 0 Å². The van der Waals surface area contributed by atoms with Gasteiger partial charge in [0.05, 0.1) is 0 Å². The predicted octanol–water partition coefficient (Wildman–Crippen LogP) is 2.83. The first-order valence-electron chi connectivity index (χ1n) is 5.54. The van der Waals surface area contributed by atoms with Gasteiger partial charge in [0.1, 0.15) is 5.15 Å². The molecule has 0 spiro atoms. The van der Waals surface area contributed by atoms with Crippen molar-refractivity contribution in [3.8, 4) is 0 Å². The van der Waals surface area contributed by atoms with Gasteiger partial charge in [0, 0.05) is 17.3 Å². The van der Waals surface area contributed by atoms with E-state index in [2.05, 4.69) is 10.3 Å². The molecule has 0 saturated carbocycles. The molecule has 0 aliphatic heterocycles. The van der Waals surface area contributed by atoms with Gasteiger partial charge < -0.3 is 5.32 Å². The van der Waals surface area contributed by atoms with E-state index in [-0.39, 0.29) is 11.9 Å². The average Bonchev–Trinajstić information content (AvgIpc) is 2.27. The van der Waals surface area contributed by atoms with Crippen LogP contribution in [0.1, 0.15) is 43.2 Å². The van der Waals surface area contributed by atoms with E-state index in [9.17, 15) is 4.79 Å². The lowest BCUT2D eigenvalue weighted by atomic mass is 10.1. The Morgan fingerprint density at radius 1 is 1.50 bits per heavy atom. The van der Waals surface area contributed by atoms with Crippen molar-refractivity contribution in [1.29, 1.82) is 0 Å². The molecule has 88 valence electrons.